The van der Waals surface area contributed by atoms with E-state index in [9.17, 15) is 5.11 Å². The van der Waals surface area contributed by atoms with Crippen LogP contribution in [0.5, 0.6) is 11.5 Å². The first-order valence-electron chi connectivity index (χ1n) is 7.93. The summed E-state index contributed by atoms with van der Waals surface area (Å²) in [5, 5.41) is 9.63. The van der Waals surface area contributed by atoms with Gasteiger partial charge in [-0.3, -0.25) is 4.90 Å². The minimum Gasteiger partial charge on any atom is -0.508 e. The molecule has 0 aliphatic carbocycles. The third kappa shape index (κ3) is 3.89. The monoisotopic (exact) mass is 277 g/mol. The largest absolute Gasteiger partial charge is 0.508 e. The van der Waals surface area contributed by atoms with E-state index in [1.54, 1.807) is 6.07 Å². The molecule has 20 heavy (non-hydrogen) atoms. The molecule has 1 N–H and O–H groups in total. The highest BCUT2D eigenvalue weighted by Gasteiger charge is 2.25. The molecule has 0 amide bonds. The SMILES string of the molecule is CCCCN(CCCC)C1COc2ccc(O)cc2C1. The van der Waals surface area contributed by atoms with E-state index in [4.69, 9.17) is 4.74 Å². The first-order valence-corrected chi connectivity index (χ1v) is 7.93. The van der Waals surface area contributed by atoms with Gasteiger partial charge in [0.2, 0.25) is 0 Å². The predicted octanol–water partition coefficient (Wildman–Crippen LogP) is 3.60. The van der Waals surface area contributed by atoms with Gasteiger partial charge >= 0.3 is 0 Å². The third-order valence-electron chi connectivity index (χ3n) is 4.04. The molecule has 0 aromatic heterocycles. The normalized spacial score (nSPS) is 17.9. The van der Waals surface area contributed by atoms with E-state index in [0.717, 1.165) is 37.4 Å². The molecule has 3 heteroatoms. The Kier molecular flexibility index (Phi) is 5.72. The molecule has 2 rings (SSSR count). The molecular formula is C17H27NO2. The van der Waals surface area contributed by atoms with Crippen molar-refractivity contribution in [2.24, 2.45) is 0 Å². The molecule has 1 aliphatic rings. The number of aromatic hydroxyl groups is 1. The molecule has 1 unspecified atom stereocenters. The second-order valence-corrected chi connectivity index (χ2v) is 5.70. The van der Waals surface area contributed by atoms with Crippen molar-refractivity contribution in [2.45, 2.75) is 52.0 Å². The van der Waals surface area contributed by atoms with Crippen LogP contribution in [0.25, 0.3) is 0 Å². The van der Waals surface area contributed by atoms with Crippen molar-refractivity contribution >= 4 is 0 Å². The number of phenols is 1. The Labute approximate surface area is 122 Å². The number of phenolic OH excluding ortho intramolecular Hbond substituents is 1. The van der Waals surface area contributed by atoms with Crippen LogP contribution in [-0.2, 0) is 6.42 Å². The van der Waals surface area contributed by atoms with Crippen molar-refractivity contribution < 1.29 is 9.84 Å². The van der Waals surface area contributed by atoms with Gasteiger partial charge in [0.1, 0.15) is 18.1 Å². The molecule has 3 nitrogen and oxygen atoms in total. The first-order chi connectivity index (χ1) is 9.74. The summed E-state index contributed by atoms with van der Waals surface area (Å²) in [5.74, 6) is 1.27. The van der Waals surface area contributed by atoms with Crippen molar-refractivity contribution in [1.82, 2.24) is 4.90 Å². The summed E-state index contributed by atoms with van der Waals surface area (Å²) in [7, 11) is 0. The van der Waals surface area contributed by atoms with Crippen LogP contribution in [0, 0.1) is 0 Å². The van der Waals surface area contributed by atoms with Crippen molar-refractivity contribution in [3.05, 3.63) is 23.8 Å². The number of rotatable bonds is 7. The average Bonchev–Trinajstić information content (AvgIpc) is 2.46. The van der Waals surface area contributed by atoms with E-state index in [-0.39, 0.29) is 0 Å². The van der Waals surface area contributed by atoms with Gasteiger partial charge in [-0.05, 0) is 56.1 Å². The van der Waals surface area contributed by atoms with Gasteiger partial charge in [-0.1, -0.05) is 26.7 Å². The van der Waals surface area contributed by atoms with Gasteiger partial charge in [-0.2, -0.15) is 0 Å². The Morgan fingerprint density at radius 2 is 1.90 bits per heavy atom. The van der Waals surface area contributed by atoms with Crippen molar-refractivity contribution in [3.8, 4) is 11.5 Å². The molecule has 0 fully saturated rings. The van der Waals surface area contributed by atoms with Gasteiger partial charge in [-0.25, -0.2) is 0 Å². The fourth-order valence-electron chi connectivity index (χ4n) is 2.80. The molecule has 1 atom stereocenters. The number of hydrogen-bond acceptors (Lipinski definition) is 3. The lowest BCUT2D eigenvalue weighted by atomic mass is 10.0. The van der Waals surface area contributed by atoms with Crippen LogP contribution >= 0.6 is 0 Å². The number of unbranched alkanes of at least 4 members (excludes halogenated alkanes) is 2. The molecule has 1 heterocycles. The Balaban J connectivity index is 2.03. The topological polar surface area (TPSA) is 32.7 Å². The number of nitrogens with zero attached hydrogens (tertiary/aromatic N) is 1. The lowest BCUT2D eigenvalue weighted by molar-refractivity contribution is 0.116. The maximum atomic E-state index is 9.63. The van der Waals surface area contributed by atoms with E-state index in [0.29, 0.717) is 11.8 Å². The second kappa shape index (κ2) is 7.53. The van der Waals surface area contributed by atoms with E-state index in [2.05, 4.69) is 18.7 Å². The van der Waals surface area contributed by atoms with Crippen LogP contribution in [0.3, 0.4) is 0 Å². The highest BCUT2D eigenvalue weighted by molar-refractivity contribution is 5.41. The van der Waals surface area contributed by atoms with Crippen LogP contribution in [0.4, 0.5) is 0 Å². The minimum absolute atomic E-state index is 0.335. The summed E-state index contributed by atoms with van der Waals surface area (Å²) in [6.07, 6.45) is 5.93. The second-order valence-electron chi connectivity index (χ2n) is 5.70. The van der Waals surface area contributed by atoms with E-state index in [1.165, 1.54) is 25.7 Å². The Morgan fingerprint density at radius 3 is 2.55 bits per heavy atom. The number of ether oxygens (including phenoxy) is 1. The Hall–Kier alpha value is -1.22. The average molecular weight is 277 g/mol. The summed E-state index contributed by atoms with van der Waals surface area (Å²) in [4.78, 5) is 2.57. The van der Waals surface area contributed by atoms with Gasteiger partial charge in [0, 0.05) is 6.04 Å². The number of benzene rings is 1. The maximum absolute atomic E-state index is 9.63. The van der Waals surface area contributed by atoms with Crippen LogP contribution in [0.2, 0.25) is 0 Å². The Bertz CT molecular complexity index is 411. The highest BCUT2D eigenvalue weighted by Crippen LogP contribution is 2.29. The third-order valence-corrected chi connectivity index (χ3v) is 4.04. The highest BCUT2D eigenvalue weighted by atomic mass is 16.5. The zero-order valence-electron chi connectivity index (χ0n) is 12.8. The van der Waals surface area contributed by atoms with Gasteiger partial charge in [0.05, 0.1) is 0 Å². The molecule has 1 aliphatic heterocycles. The fourth-order valence-corrected chi connectivity index (χ4v) is 2.80. The van der Waals surface area contributed by atoms with E-state index in [1.807, 2.05) is 12.1 Å². The molecule has 0 spiro atoms. The minimum atomic E-state index is 0.335. The predicted molar refractivity (Wildman–Crippen MR) is 82.5 cm³/mol. The lowest BCUT2D eigenvalue weighted by Gasteiger charge is -2.35. The molecule has 1 aromatic rings. The van der Waals surface area contributed by atoms with Gasteiger partial charge in [0.25, 0.3) is 0 Å². The van der Waals surface area contributed by atoms with Crippen molar-refractivity contribution in [3.63, 3.8) is 0 Å². The summed E-state index contributed by atoms with van der Waals surface area (Å²) in [6, 6.07) is 5.87. The van der Waals surface area contributed by atoms with Gasteiger partial charge in [0.15, 0.2) is 0 Å². The van der Waals surface area contributed by atoms with E-state index < -0.39 is 0 Å². The quantitative estimate of drug-likeness (QED) is 0.826. The van der Waals surface area contributed by atoms with E-state index >= 15 is 0 Å². The molecule has 0 saturated carbocycles. The van der Waals surface area contributed by atoms with Crippen LogP contribution in [-0.4, -0.2) is 35.7 Å². The standard InChI is InChI=1S/C17H27NO2/c1-3-5-9-18(10-6-4-2)15-11-14-12-16(19)7-8-17(14)20-13-15/h7-8,12,15,19H,3-6,9-11,13H2,1-2H3. The number of fused-ring (bicyclic) bond motifs is 1. The first kappa shape index (κ1) is 15.2. The molecule has 0 saturated heterocycles. The molecule has 0 radical (unpaired) electrons. The van der Waals surface area contributed by atoms with Crippen LogP contribution < -0.4 is 4.74 Å². The zero-order valence-corrected chi connectivity index (χ0v) is 12.8. The van der Waals surface area contributed by atoms with Crippen molar-refractivity contribution in [1.29, 1.82) is 0 Å². The van der Waals surface area contributed by atoms with Crippen LogP contribution in [0.1, 0.15) is 45.1 Å². The Morgan fingerprint density at radius 1 is 1.20 bits per heavy atom. The summed E-state index contributed by atoms with van der Waals surface area (Å²) in [6.45, 7) is 7.55. The summed E-state index contributed by atoms with van der Waals surface area (Å²) in [5.41, 5.74) is 1.14. The molecule has 0 bridgehead atoms. The maximum Gasteiger partial charge on any atom is 0.122 e. The zero-order chi connectivity index (χ0) is 14.4. The summed E-state index contributed by atoms with van der Waals surface area (Å²) >= 11 is 0. The smallest absolute Gasteiger partial charge is 0.122 e. The lowest BCUT2D eigenvalue weighted by Crippen LogP contribution is -2.44. The summed E-state index contributed by atoms with van der Waals surface area (Å²) < 4.78 is 5.88. The van der Waals surface area contributed by atoms with Crippen molar-refractivity contribution in [2.75, 3.05) is 19.7 Å². The molecule has 1 aromatic carbocycles. The van der Waals surface area contributed by atoms with Gasteiger partial charge in [-0.15, -0.1) is 0 Å². The number of hydrogen-bond donors (Lipinski definition) is 1. The van der Waals surface area contributed by atoms with Gasteiger partial charge < -0.3 is 9.84 Å². The molecule has 112 valence electrons. The molecular weight excluding hydrogens is 250 g/mol. The van der Waals surface area contributed by atoms with Crippen LogP contribution in [0.15, 0.2) is 18.2 Å². The fraction of sp³-hybridized carbons (Fsp3) is 0.647.